The van der Waals surface area contributed by atoms with Gasteiger partial charge in [-0.1, -0.05) is 12.8 Å². The maximum absolute atomic E-state index is 9.39. The Balaban J connectivity index is 2.07. The van der Waals surface area contributed by atoms with Crippen LogP contribution in [0.5, 0.6) is 0 Å². The summed E-state index contributed by atoms with van der Waals surface area (Å²) >= 11 is 0. The van der Waals surface area contributed by atoms with E-state index >= 15 is 0 Å². The Morgan fingerprint density at radius 1 is 1.33 bits per heavy atom. The molecule has 0 atom stereocenters. The van der Waals surface area contributed by atoms with Gasteiger partial charge in [-0.25, -0.2) is 0 Å². The van der Waals surface area contributed by atoms with Crippen LogP contribution in [0.25, 0.3) is 0 Å². The lowest BCUT2D eigenvalue weighted by Crippen LogP contribution is -2.36. The van der Waals surface area contributed by atoms with Crippen molar-refractivity contribution >= 4 is 0 Å². The topological polar surface area (TPSA) is 41.5 Å². The predicted molar refractivity (Wildman–Crippen MR) is 61.9 cm³/mol. The molecule has 1 aliphatic carbocycles. The molecule has 0 radical (unpaired) electrons. The highest BCUT2D eigenvalue weighted by molar-refractivity contribution is 4.85. The number of nitrogens with one attached hydrogen (secondary N) is 1. The fourth-order valence-corrected chi connectivity index (χ4v) is 2.24. The summed E-state index contributed by atoms with van der Waals surface area (Å²) in [6, 6.07) is 0. The summed E-state index contributed by atoms with van der Waals surface area (Å²) in [5.74, 6) is 0. The average Bonchev–Trinajstić information content (AvgIpc) is 2.66. The second-order valence-electron chi connectivity index (χ2n) is 4.96. The highest BCUT2D eigenvalue weighted by Crippen LogP contribution is 2.36. The molecule has 1 aliphatic rings. The molecule has 0 heterocycles. The van der Waals surface area contributed by atoms with Gasteiger partial charge in [0.05, 0.1) is 12.7 Å². The van der Waals surface area contributed by atoms with Gasteiger partial charge in [-0.05, 0) is 26.7 Å². The zero-order valence-corrected chi connectivity index (χ0v) is 10.1. The van der Waals surface area contributed by atoms with Crippen LogP contribution in [0.15, 0.2) is 0 Å². The van der Waals surface area contributed by atoms with Crippen molar-refractivity contribution in [1.82, 2.24) is 5.32 Å². The predicted octanol–water partition coefficient (Wildman–Crippen LogP) is 1.55. The van der Waals surface area contributed by atoms with E-state index in [0.29, 0.717) is 12.7 Å². The highest BCUT2D eigenvalue weighted by atomic mass is 16.5. The molecule has 0 aromatic heterocycles. The largest absolute Gasteiger partial charge is 0.396 e. The van der Waals surface area contributed by atoms with E-state index in [1.807, 2.05) is 13.8 Å². The number of rotatable bonds is 7. The number of ether oxygens (including phenoxy) is 1. The number of aliphatic hydroxyl groups excluding tert-OH is 1. The molecule has 15 heavy (non-hydrogen) atoms. The summed E-state index contributed by atoms with van der Waals surface area (Å²) in [5.41, 5.74) is 0.165. The first kappa shape index (κ1) is 12.9. The molecule has 0 aromatic carbocycles. The van der Waals surface area contributed by atoms with E-state index in [-0.39, 0.29) is 5.41 Å². The Labute approximate surface area is 93.2 Å². The summed E-state index contributed by atoms with van der Waals surface area (Å²) in [7, 11) is 0. The van der Waals surface area contributed by atoms with Gasteiger partial charge in [0.2, 0.25) is 0 Å². The van der Waals surface area contributed by atoms with Crippen LogP contribution in [0.1, 0.15) is 39.5 Å². The van der Waals surface area contributed by atoms with Crippen molar-refractivity contribution in [1.29, 1.82) is 0 Å². The maximum atomic E-state index is 9.39. The van der Waals surface area contributed by atoms with E-state index < -0.39 is 0 Å². The maximum Gasteiger partial charge on any atom is 0.0594 e. The SMILES string of the molecule is CC(C)OCCNCC1(CO)CCCC1. The van der Waals surface area contributed by atoms with Gasteiger partial charge in [0.25, 0.3) is 0 Å². The molecule has 0 saturated heterocycles. The molecule has 1 saturated carbocycles. The molecule has 0 unspecified atom stereocenters. The van der Waals surface area contributed by atoms with Gasteiger partial charge in [-0.15, -0.1) is 0 Å². The molecule has 1 fully saturated rings. The molecular weight excluding hydrogens is 190 g/mol. The van der Waals surface area contributed by atoms with Crippen molar-refractivity contribution in [2.75, 3.05) is 26.3 Å². The van der Waals surface area contributed by atoms with Crippen molar-refractivity contribution in [3.63, 3.8) is 0 Å². The van der Waals surface area contributed by atoms with Crippen LogP contribution >= 0.6 is 0 Å². The molecule has 90 valence electrons. The summed E-state index contributed by atoms with van der Waals surface area (Å²) in [6.45, 7) is 7.01. The van der Waals surface area contributed by atoms with E-state index in [9.17, 15) is 5.11 Å². The minimum atomic E-state index is 0.165. The third-order valence-corrected chi connectivity index (χ3v) is 3.23. The molecule has 0 aliphatic heterocycles. The van der Waals surface area contributed by atoms with E-state index in [4.69, 9.17) is 4.74 Å². The van der Waals surface area contributed by atoms with Crippen LogP contribution in [-0.4, -0.2) is 37.5 Å². The third kappa shape index (κ3) is 4.49. The van der Waals surface area contributed by atoms with Gasteiger partial charge in [0.1, 0.15) is 0 Å². The first-order valence-corrected chi connectivity index (χ1v) is 6.12. The van der Waals surface area contributed by atoms with Crippen LogP contribution in [0.2, 0.25) is 0 Å². The molecule has 2 N–H and O–H groups in total. The Morgan fingerprint density at radius 3 is 2.53 bits per heavy atom. The highest BCUT2D eigenvalue weighted by Gasteiger charge is 2.32. The monoisotopic (exact) mass is 215 g/mol. The zero-order valence-electron chi connectivity index (χ0n) is 10.1. The lowest BCUT2D eigenvalue weighted by Gasteiger charge is -2.26. The summed E-state index contributed by atoms with van der Waals surface area (Å²) in [5, 5.41) is 12.8. The lowest BCUT2D eigenvalue weighted by molar-refractivity contribution is 0.0752. The van der Waals surface area contributed by atoms with Gasteiger partial charge in [0, 0.05) is 25.1 Å². The summed E-state index contributed by atoms with van der Waals surface area (Å²) in [6.07, 6.45) is 5.18. The van der Waals surface area contributed by atoms with Crippen molar-refractivity contribution in [2.45, 2.75) is 45.6 Å². The number of aliphatic hydroxyl groups is 1. The standard InChI is InChI=1S/C12H25NO2/c1-11(2)15-8-7-13-9-12(10-14)5-3-4-6-12/h11,13-14H,3-10H2,1-2H3. The Kier molecular flexibility index (Phi) is 5.58. The average molecular weight is 215 g/mol. The molecule has 1 rings (SSSR count). The van der Waals surface area contributed by atoms with Crippen LogP contribution in [0.3, 0.4) is 0 Å². The summed E-state index contributed by atoms with van der Waals surface area (Å²) < 4.78 is 5.45. The van der Waals surface area contributed by atoms with Gasteiger partial charge in [-0.3, -0.25) is 0 Å². The second kappa shape index (κ2) is 6.46. The van der Waals surface area contributed by atoms with E-state index in [1.165, 1.54) is 25.7 Å². The molecule has 0 aromatic rings. The first-order chi connectivity index (χ1) is 7.18. The smallest absolute Gasteiger partial charge is 0.0594 e. The van der Waals surface area contributed by atoms with Gasteiger partial charge in [0.15, 0.2) is 0 Å². The number of hydrogen-bond donors (Lipinski definition) is 2. The molecule has 3 heteroatoms. The van der Waals surface area contributed by atoms with E-state index in [0.717, 1.165) is 19.7 Å². The van der Waals surface area contributed by atoms with Crippen LogP contribution in [-0.2, 0) is 4.74 Å². The molecule has 0 spiro atoms. The van der Waals surface area contributed by atoms with Crippen LogP contribution in [0, 0.1) is 5.41 Å². The molecule has 0 amide bonds. The quantitative estimate of drug-likeness (QED) is 0.633. The second-order valence-corrected chi connectivity index (χ2v) is 4.96. The van der Waals surface area contributed by atoms with Gasteiger partial charge >= 0.3 is 0 Å². The fourth-order valence-electron chi connectivity index (χ4n) is 2.24. The Bertz CT molecular complexity index is 165. The molecular formula is C12H25NO2. The fraction of sp³-hybridized carbons (Fsp3) is 1.00. The first-order valence-electron chi connectivity index (χ1n) is 6.12. The summed E-state index contributed by atoms with van der Waals surface area (Å²) in [4.78, 5) is 0. The van der Waals surface area contributed by atoms with Crippen LogP contribution < -0.4 is 5.32 Å². The minimum Gasteiger partial charge on any atom is -0.396 e. The van der Waals surface area contributed by atoms with Gasteiger partial charge in [-0.2, -0.15) is 0 Å². The minimum absolute atomic E-state index is 0.165. The third-order valence-electron chi connectivity index (χ3n) is 3.23. The molecule has 0 bridgehead atoms. The van der Waals surface area contributed by atoms with Gasteiger partial charge < -0.3 is 15.2 Å². The lowest BCUT2D eigenvalue weighted by atomic mass is 9.87. The van der Waals surface area contributed by atoms with Crippen molar-refractivity contribution in [3.8, 4) is 0 Å². The number of hydrogen-bond acceptors (Lipinski definition) is 3. The Morgan fingerprint density at radius 2 is 2.00 bits per heavy atom. The van der Waals surface area contributed by atoms with Crippen molar-refractivity contribution < 1.29 is 9.84 Å². The molecule has 3 nitrogen and oxygen atoms in total. The van der Waals surface area contributed by atoms with Crippen molar-refractivity contribution in [2.24, 2.45) is 5.41 Å². The van der Waals surface area contributed by atoms with E-state index in [1.54, 1.807) is 0 Å². The zero-order chi connectivity index (χ0) is 11.1. The van der Waals surface area contributed by atoms with Crippen molar-refractivity contribution in [3.05, 3.63) is 0 Å². The van der Waals surface area contributed by atoms with E-state index in [2.05, 4.69) is 5.32 Å². The van der Waals surface area contributed by atoms with Crippen LogP contribution in [0.4, 0.5) is 0 Å². The normalized spacial score (nSPS) is 20.0. The Hall–Kier alpha value is -0.120.